The topological polar surface area (TPSA) is 21.7 Å². The van der Waals surface area contributed by atoms with E-state index >= 15 is 0 Å². The second-order valence-corrected chi connectivity index (χ2v) is 6.40. The zero-order valence-corrected chi connectivity index (χ0v) is 14.3. The fourth-order valence-electron chi connectivity index (χ4n) is 2.58. The molecule has 0 radical (unpaired) electrons. The van der Waals surface area contributed by atoms with E-state index in [1.807, 2.05) is 30.3 Å². The van der Waals surface area contributed by atoms with Crippen LogP contribution in [0.25, 0.3) is 10.8 Å². The summed E-state index contributed by atoms with van der Waals surface area (Å²) < 4.78 is 6.40. The molecule has 0 saturated heterocycles. The summed E-state index contributed by atoms with van der Waals surface area (Å²) in [5.41, 5.74) is 0. The molecule has 0 aliphatic carbocycles. The van der Waals surface area contributed by atoms with Gasteiger partial charge in [0.15, 0.2) is 0 Å². The van der Waals surface area contributed by atoms with Crippen LogP contribution in [0.4, 0.5) is 0 Å². The van der Waals surface area contributed by atoms with Crippen LogP contribution in [0.15, 0.2) is 60.0 Å². The first-order valence-corrected chi connectivity index (χ1v) is 8.59. The van der Waals surface area contributed by atoms with Gasteiger partial charge < -0.3 is 9.57 Å². The molecule has 0 saturated carbocycles. The summed E-state index contributed by atoms with van der Waals surface area (Å²) in [6.45, 7) is 0.809. The van der Waals surface area contributed by atoms with Crippen LogP contribution in [0.3, 0.4) is 0 Å². The molecule has 0 aliphatic rings. The SMILES string of the molecule is CON(C)CC[C@H](Oc1cccc2ccccc12)c1cccs1. The number of ether oxygens (including phenoxy) is 1. The molecule has 0 spiro atoms. The van der Waals surface area contributed by atoms with Crippen LogP contribution in [-0.2, 0) is 4.84 Å². The molecule has 0 amide bonds. The maximum Gasteiger partial charge on any atom is 0.134 e. The molecule has 3 nitrogen and oxygen atoms in total. The monoisotopic (exact) mass is 327 g/mol. The van der Waals surface area contributed by atoms with E-state index in [1.165, 1.54) is 10.3 Å². The molecule has 4 heteroatoms. The van der Waals surface area contributed by atoms with Gasteiger partial charge >= 0.3 is 0 Å². The zero-order valence-electron chi connectivity index (χ0n) is 13.4. The molecule has 1 atom stereocenters. The molecule has 2 aromatic carbocycles. The molecule has 0 unspecified atom stereocenters. The lowest BCUT2D eigenvalue weighted by Gasteiger charge is -2.21. The van der Waals surface area contributed by atoms with E-state index < -0.39 is 0 Å². The molecule has 1 aromatic heterocycles. The molecular weight excluding hydrogens is 306 g/mol. The third kappa shape index (κ3) is 3.91. The maximum absolute atomic E-state index is 6.40. The molecule has 0 fully saturated rings. The molecule has 0 aliphatic heterocycles. The van der Waals surface area contributed by atoms with Gasteiger partial charge in [-0.1, -0.05) is 42.5 Å². The van der Waals surface area contributed by atoms with Crippen LogP contribution < -0.4 is 4.74 Å². The zero-order chi connectivity index (χ0) is 16.1. The standard InChI is InChI=1S/C19H21NO2S/c1-20(21-2)13-12-18(19-11-6-14-23-19)22-17-10-5-8-15-7-3-4-9-16(15)17/h3-11,14,18H,12-13H2,1-2H3/t18-/m0/s1. The lowest BCUT2D eigenvalue weighted by molar-refractivity contribution is -0.113. The van der Waals surface area contributed by atoms with Gasteiger partial charge in [0.2, 0.25) is 0 Å². The Morgan fingerprint density at radius 1 is 1.04 bits per heavy atom. The largest absolute Gasteiger partial charge is 0.484 e. The van der Waals surface area contributed by atoms with Crippen molar-refractivity contribution in [3.8, 4) is 5.75 Å². The third-order valence-electron chi connectivity index (χ3n) is 3.90. The van der Waals surface area contributed by atoms with Crippen LogP contribution >= 0.6 is 11.3 Å². The fourth-order valence-corrected chi connectivity index (χ4v) is 3.36. The summed E-state index contributed by atoms with van der Waals surface area (Å²) in [5, 5.41) is 6.27. The van der Waals surface area contributed by atoms with Crippen LogP contribution in [-0.4, -0.2) is 25.8 Å². The minimum absolute atomic E-state index is 0.0263. The number of hydroxylamine groups is 2. The lowest BCUT2D eigenvalue weighted by atomic mass is 10.1. The predicted molar refractivity (Wildman–Crippen MR) is 95.9 cm³/mol. The van der Waals surface area contributed by atoms with Gasteiger partial charge in [-0.2, -0.15) is 5.06 Å². The minimum Gasteiger partial charge on any atom is -0.484 e. The molecule has 120 valence electrons. The highest BCUT2D eigenvalue weighted by molar-refractivity contribution is 7.10. The summed E-state index contributed by atoms with van der Waals surface area (Å²) in [7, 11) is 3.62. The maximum atomic E-state index is 6.40. The van der Waals surface area contributed by atoms with Crippen molar-refractivity contribution in [1.82, 2.24) is 5.06 Å². The third-order valence-corrected chi connectivity index (χ3v) is 4.86. The Labute approximate surface area is 141 Å². The van der Waals surface area contributed by atoms with E-state index in [1.54, 1.807) is 18.4 Å². The molecule has 1 heterocycles. The average molecular weight is 327 g/mol. The number of hydrogen-bond donors (Lipinski definition) is 0. The first-order valence-electron chi connectivity index (χ1n) is 7.71. The van der Waals surface area contributed by atoms with Crippen LogP contribution in [0.1, 0.15) is 17.4 Å². The highest BCUT2D eigenvalue weighted by Crippen LogP contribution is 2.32. The summed E-state index contributed by atoms with van der Waals surface area (Å²) in [6.07, 6.45) is 0.895. The average Bonchev–Trinajstić information content (AvgIpc) is 3.12. The minimum atomic E-state index is 0.0263. The summed E-state index contributed by atoms with van der Waals surface area (Å²) >= 11 is 1.73. The quantitative estimate of drug-likeness (QED) is 0.576. The number of hydrogen-bond acceptors (Lipinski definition) is 4. The van der Waals surface area contributed by atoms with Crippen molar-refractivity contribution in [2.24, 2.45) is 0 Å². The van der Waals surface area contributed by atoms with Crippen LogP contribution in [0, 0.1) is 0 Å². The Morgan fingerprint density at radius 2 is 1.87 bits per heavy atom. The molecular formula is C19H21NO2S. The van der Waals surface area contributed by atoms with Gasteiger partial charge in [-0.25, -0.2) is 0 Å². The highest BCUT2D eigenvalue weighted by Gasteiger charge is 2.17. The molecule has 0 bridgehead atoms. The van der Waals surface area contributed by atoms with Crippen molar-refractivity contribution < 1.29 is 9.57 Å². The number of fused-ring (bicyclic) bond motifs is 1. The van der Waals surface area contributed by atoms with E-state index in [-0.39, 0.29) is 6.10 Å². The normalized spacial score (nSPS) is 12.7. The van der Waals surface area contributed by atoms with Crippen molar-refractivity contribution in [2.75, 3.05) is 20.7 Å². The van der Waals surface area contributed by atoms with Gasteiger partial charge in [-0.3, -0.25) is 0 Å². The number of benzene rings is 2. The second-order valence-electron chi connectivity index (χ2n) is 5.42. The Hall–Kier alpha value is -1.88. The van der Waals surface area contributed by atoms with E-state index in [2.05, 4.69) is 41.8 Å². The number of nitrogens with zero attached hydrogens (tertiary/aromatic N) is 1. The fraction of sp³-hybridized carbons (Fsp3) is 0.263. The van der Waals surface area contributed by atoms with Crippen molar-refractivity contribution in [3.05, 3.63) is 64.9 Å². The predicted octanol–water partition coefficient (Wildman–Crippen LogP) is 4.90. The Bertz CT molecular complexity index is 737. The van der Waals surface area contributed by atoms with Crippen molar-refractivity contribution in [1.29, 1.82) is 0 Å². The number of rotatable bonds is 7. The van der Waals surface area contributed by atoms with E-state index in [0.29, 0.717) is 0 Å². The van der Waals surface area contributed by atoms with Gasteiger partial charge in [0, 0.05) is 30.3 Å². The smallest absolute Gasteiger partial charge is 0.134 e. The highest BCUT2D eigenvalue weighted by atomic mass is 32.1. The Kier molecular flexibility index (Phi) is 5.28. The van der Waals surface area contributed by atoms with E-state index in [0.717, 1.165) is 24.1 Å². The van der Waals surface area contributed by atoms with Crippen molar-refractivity contribution >= 4 is 22.1 Å². The van der Waals surface area contributed by atoms with Gasteiger partial charge in [0.25, 0.3) is 0 Å². The van der Waals surface area contributed by atoms with Crippen molar-refractivity contribution in [3.63, 3.8) is 0 Å². The first-order chi connectivity index (χ1) is 11.3. The number of thiophene rings is 1. The van der Waals surface area contributed by atoms with Gasteiger partial charge in [0.05, 0.1) is 7.11 Å². The Balaban J connectivity index is 1.85. The molecule has 0 N–H and O–H groups in total. The van der Waals surface area contributed by atoms with E-state index in [4.69, 9.17) is 9.57 Å². The molecule has 3 aromatic rings. The Morgan fingerprint density at radius 3 is 2.65 bits per heavy atom. The lowest BCUT2D eigenvalue weighted by Crippen LogP contribution is -2.21. The first kappa shape index (κ1) is 16.0. The summed E-state index contributed by atoms with van der Waals surface area (Å²) in [6, 6.07) is 18.7. The summed E-state index contributed by atoms with van der Waals surface area (Å²) in [5.74, 6) is 0.932. The van der Waals surface area contributed by atoms with Gasteiger partial charge in [-0.15, -0.1) is 11.3 Å². The molecule has 23 heavy (non-hydrogen) atoms. The van der Waals surface area contributed by atoms with E-state index in [9.17, 15) is 0 Å². The molecule has 3 rings (SSSR count). The second kappa shape index (κ2) is 7.59. The van der Waals surface area contributed by atoms with Gasteiger partial charge in [0.1, 0.15) is 11.9 Å². The van der Waals surface area contributed by atoms with Crippen molar-refractivity contribution in [2.45, 2.75) is 12.5 Å². The van der Waals surface area contributed by atoms with Gasteiger partial charge in [-0.05, 0) is 22.9 Å². The summed E-state index contributed by atoms with van der Waals surface area (Å²) in [4.78, 5) is 6.46. The van der Waals surface area contributed by atoms with Crippen LogP contribution in [0.5, 0.6) is 5.75 Å². The van der Waals surface area contributed by atoms with Crippen LogP contribution in [0.2, 0.25) is 0 Å².